The third kappa shape index (κ3) is 3.08. The smallest absolute Gasteiger partial charge is 0.279 e. The highest BCUT2D eigenvalue weighted by molar-refractivity contribution is 7.92. The molecule has 2 aromatic heterocycles. The minimum absolute atomic E-state index is 0.186. The van der Waals surface area contributed by atoms with Gasteiger partial charge in [0.1, 0.15) is 0 Å². The van der Waals surface area contributed by atoms with Crippen molar-refractivity contribution >= 4 is 42.2 Å². The van der Waals surface area contributed by atoms with E-state index in [1.807, 2.05) is 44.2 Å². The van der Waals surface area contributed by atoms with Gasteiger partial charge in [-0.25, -0.2) is 17.8 Å². The van der Waals surface area contributed by atoms with Crippen molar-refractivity contribution in [1.82, 2.24) is 9.38 Å². The van der Waals surface area contributed by atoms with Crippen LogP contribution in [-0.2, 0) is 16.4 Å². The summed E-state index contributed by atoms with van der Waals surface area (Å²) >= 11 is 1.37. The molecule has 0 bridgehead atoms. The zero-order chi connectivity index (χ0) is 20.1. The van der Waals surface area contributed by atoms with Crippen molar-refractivity contribution in [3.63, 3.8) is 0 Å². The molecule has 0 spiro atoms. The summed E-state index contributed by atoms with van der Waals surface area (Å²) in [5, 5.41) is 0. The van der Waals surface area contributed by atoms with Crippen LogP contribution >= 0.6 is 11.3 Å². The standard InChI is InChI=1S/C20H19N3O3S2/c1-4-14-6-8-15(9-7-14)22-28(25,26)18-13(3)21-20-23(19(18)24)16-10-5-12(2)11-17(16)27-20/h5-11,22H,4H2,1-3H3. The number of anilines is 1. The lowest BCUT2D eigenvalue weighted by atomic mass is 10.2. The summed E-state index contributed by atoms with van der Waals surface area (Å²) < 4.78 is 30.8. The van der Waals surface area contributed by atoms with Crippen LogP contribution in [-0.4, -0.2) is 17.8 Å². The average molecular weight is 414 g/mol. The molecule has 6 nitrogen and oxygen atoms in total. The number of hydrogen-bond donors (Lipinski definition) is 1. The minimum atomic E-state index is -4.08. The molecule has 0 aliphatic carbocycles. The van der Waals surface area contributed by atoms with E-state index in [9.17, 15) is 13.2 Å². The first-order valence-electron chi connectivity index (χ1n) is 8.84. The summed E-state index contributed by atoms with van der Waals surface area (Å²) in [7, 11) is -4.08. The Morgan fingerprint density at radius 2 is 1.82 bits per heavy atom. The molecular formula is C20H19N3O3S2. The fourth-order valence-electron chi connectivity index (χ4n) is 3.18. The number of hydrogen-bond acceptors (Lipinski definition) is 5. The number of thiazole rings is 1. The van der Waals surface area contributed by atoms with Gasteiger partial charge < -0.3 is 0 Å². The van der Waals surface area contributed by atoms with Gasteiger partial charge in [-0.1, -0.05) is 36.5 Å². The zero-order valence-corrected chi connectivity index (χ0v) is 17.3. The van der Waals surface area contributed by atoms with Crippen LogP contribution in [0.5, 0.6) is 0 Å². The Hall–Kier alpha value is -2.71. The van der Waals surface area contributed by atoms with Gasteiger partial charge in [0, 0.05) is 5.69 Å². The molecule has 4 rings (SSSR count). The molecule has 28 heavy (non-hydrogen) atoms. The molecule has 0 aliphatic heterocycles. The third-order valence-corrected chi connectivity index (χ3v) is 7.14. The van der Waals surface area contributed by atoms with E-state index in [2.05, 4.69) is 9.71 Å². The summed E-state index contributed by atoms with van der Waals surface area (Å²) in [6.45, 7) is 5.54. The van der Waals surface area contributed by atoms with Crippen molar-refractivity contribution in [2.45, 2.75) is 32.1 Å². The van der Waals surface area contributed by atoms with E-state index in [-0.39, 0.29) is 10.6 Å². The second-order valence-corrected chi connectivity index (χ2v) is 9.31. The first-order chi connectivity index (χ1) is 13.3. The minimum Gasteiger partial charge on any atom is -0.279 e. The molecule has 0 fully saturated rings. The van der Waals surface area contributed by atoms with Crippen molar-refractivity contribution in [3.05, 3.63) is 69.6 Å². The monoisotopic (exact) mass is 413 g/mol. The van der Waals surface area contributed by atoms with Crippen LogP contribution in [0.3, 0.4) is 0 Å². The quantitative estimate of drug-likeness (QED) is 0.550. The maximum atomic E-state index is 13.2. The first kappa shape index (κ1) is 18.6. The summed E-state index contributed by atoms with van der Waals surface area (Å²) in [5.41, 5.74) is 2.83. The van der Waals surface area contributed by atoms with Gasteiger partial charge in [0.2, 0.25) is 0 Å². The van der Waals surface area contributed by atoms with Crippen LogP contribution < -0.4 is 10.3 Å². The Bertz CT molecular complexity index is 1370. The van der Waals surface area contributed by atoms with Crippen LogP contribution in [0, 0.1) is 13.8 Å². The molecule has 2 aromatic carbocycles. The number of aryl methyl sites for hydroxylation is 3. The third-order valence-electron chi connectivity index (χ3n) is 4.62. The van der Waals surface area contributed by atoms with E-state index < -0.39 is 15.6 Å². The molecule has 8 heteroatoms. The van der Waals surface area contributed by atoms with E-state index in [0.29, 0.717) is 16.2 Å². The van der Waals surface area contributed by atoms with Gasteiger partial charge in [-0.05, 0) is 55.7 Å². The summed E-state index contributed by atoms with van der Waals surface area (Å²) in [6, 6.07) is 12.8. The zero-order valence-electron chi connectivity index (χ0n) is 15.7. The molecule has 0 unspecified atom stereocenters. The lowest BCUT2D eigenvalue weighted by molar-refractivity contribution is 0.598. The van der Waals surface area contributed by atoms with Crippen LogP contribution in [0.25, 0.3) is 15.2 Å². The largest absolute Gasteiger partial charge is 0.280 e. The van der Waals surface area contributed by atoms with E-state index in [4.69, 9.17) is 0 Å². The molecule has 0 aliphatic rings. The van der Waals surface area contributed by atoms with Gasteiger partial charge in [-0.15, -0.1) is 0 Å². The molecule has 0 saturated carbocycles. The van der Waals surface area contributed by atoms with Crippen molar-refractivity contribution < 1.29 is 8.42 Å². The Morgan fingerprint density at radius 3 is 2.50 bits per heavy atom. The molecule has 0 saturated heterocycles. The van der Waals surface area contributed by atoms with Gasteiger partial charge in [0.25, 0.3) is 15.6 Å². The highest BCUT2D eigenvalue weighted by Gasteiger charge is 2.25. The molecule has 0 atom stereocenters. The van der Waals surface area contributed by atoms with Crippen LogP contribution in [0.1, 0.15) is 23.7 Å². The summed E-state index contributed by atoms with van der Waals surface area (Å²) in [6.07, 6.45) is 0.860. The van der Waals surface area contributed by atoms with Crippen LogP contribution in [0.2, 0.25) is 0 Å². The topological polar surface area (TPSA) is 80.5 Å². The summed E-state index contributed by atoms with van der Waals surface area (Å²) in [4.78, 5) is 17.7. The molecule has 2 heterocycles. The van der Waals surface area contributed by atoms with E-state index in [1.54, 1.807) is 19.1 Å². The average Bonchev–Trinajstić information content (AvgIpc) is 2.98. The number of rotatable bonds is 4. The highest BCUT2D eigenvalue weighted by Crippen LogP contribution is 2.26. The Labute approximate surface area is 166 Å². The fraction of sp³-hybridized carbons (Fsp3) is 0.200. The van der Waals surface area contributed by atoms with E-state index in [0.717, 1.165) is 22.2 Å². The van der Waals surface area contributed by atoms with Gasteiger partial charge >= 0.3 is 0 Å². The maximum Gasteiger partial charge on any atom is 0.280 e. The maximum absolute atomic E-state index is 13.2. The normalized spacial score (nSPS) is 12.0. The highest BCUT2D eigenvalue weighted by atomic mass is 32.2. The van der Waals surface area contributed by atoms with Gasteiger partial charge in [-0.2, -0.15) is 0 Å². The number of sulfonamides is 1. The predicted octanol–water partition coefficient (Wildman–Crippen LogP) is 3.89. The van der Waals surface area contributed by atoms with Gasteiger partial charge in [0.05, 0.1) is 15.9 Å². The van der Waals surface area contributed by atoms with E-state index in [1.165, 1.54) is 15.7 Å². The Balaban J connectivity index is 1.89. The lowest BCUT2D eigenvalue weighted by Crippen LogP contribution is -2.27. The first-order valence-corrected chi connectivity index (χ1v) is 11.1. The fourth-order valence-corrected chi connectivity index (χ4v) is 5.64. The molecule has 144 valence electrons. The summed E-state index contributed by atoms with van der Waals surface area (Å²) in [5.74, 6) is 0. The van der Waals surface area contributed by atoms with Crippen molar-refractivity contribution in [1.29, 1.82) is 0 Å². The second kappa shape index (κ2) is 6.72. The molecule has 0 amide bonds. The van der Waals surface area contributed by atoms with Gasteiger partial charge in [0.15, 0.2) is 9.86 Å². The SMILES string of the molecule is CCc1ccc(NS(=O)(=O)c2c(C)nc3sc4cc(C)ccc4n3c2=O)cc1. The van der Waals surface area contributed by atoms with E-state index >= 15 is 0 Å². The number of fused-ring (bicyclic) bond motifs is 3. The van der Waals surface area contributed by atoms with Crippen molar-refractivity contribution in [3.8, 4) is 0 Å². The lowest BCUT2D eigenvalue weighted by Gasteiger charge is -2.10. The molecule has 0 radical (unpaired) electrons. The second-order valence-electron chi connectivity index (χ2n) is 6.68. The Morgan fingerprint density at radius 1 is 1.11 bits per heavy atom. The van der Waals surface area contributed by atoms with Gasteiger partial charge in [-0.3, -0.25) is 9.52 Å². The van der Waals surface area contributed by atoms with Crippen LogP contribution in [0.15, 0.2) is 52.2 Å². The number of nitrogens with one attached hydrogen (secondary N) is 1. The van der Waals surface area contributed by atoms with Crippen LogP contribution in [0.4, 0.5) is 5.69 Å². The molecule has 1 N–H and O–H groups in total. The van der Waals surface area contributed by atoms with Crippen molar-refractivity contribution in [2.75, 3.05) is 4.72 Å². The number of benzene rings is 2. The number of aromatic nitrogens is 2. The Kier molecular flexibility index (Phi) is 4.47. The molecule has 4 aromatic rings. The predicted molar refractivity (Wildman–Crippen MR) is 113 cm³/mol. The number of nitrogens with zero attached hydrogens (tertiary/aromatic N) is 2. The molecular weight excluding hydrogens is 394 g/mol. The van der Waals surface area contributed by atoms with Crippen molar-refractivity contribution in [2.24, 2.45) is 0 Å².